The number of nitrogens with zero attached hydrogens (tertiary/aromatic N) is 1. The van der Waals surface area contributed by atoms with Gasteiger partial charge in [-0.25, -0.2) is 0 Å². The highest BCUT2D eigenvalue weighted by Gasteiger charge is 1.79. The van der Waals surface area contributed by atoms with Gasteiger partial charge >= 0.3 is 0 Å². The minimum Gasteiger partial charge on any atom is -0.265 e. The molecule has 10 heavy (non-hydrogen) atoms. The first-order valence-corrected chi connectivity index (χ1v) is 4.00. The van der Waals surface area contributed by atoms with Crippen LogP contribution in [0.3, 0.4) is 0 Å². The molecule has 1 aromatic heterocycles. The van der Waals surface area contributed by atoms with Crippen LogP contribution in [-0.4, -0.2) is 10.3 Å². The number of rotatable bonds is 0. The summed E-state index contributed by atoms with van der Waals surface area (Å²) in [5.74, 6) is 5.86. The topological polar surface area (TPSA) is 12.9 Å². The van der Waals surface area contributed by atoms with Crippen LogP contribution in [0.2, 0.25) is 0 Å². The summed E-state index contributed by atoms with van der Waals surface area (Å²) in [6.45, 7) is 0. The second-order valence-electron chi connectivity index (χ2n) is 1.67. The molecule has 0 radical (unpaired) electrons. The standard InChI is InChI=1S/C8H6BrN/c9-5-1-2-8-3-6-10-7-4-8/h3-4,6-7H,5H2. The molecule has 0 aliphatic carbocycles. The molecule has 0 saturated heterocycles. The molecule has 0 bridgehead atoms. The molecule has 0 unspecified atom stereocenters. The Bertz CT molecular complexity index is 245. The maximum absolute atomic E-state index is 3.87. The maximum atomic E-state index is 3.87. The van der Waals surface area contributed by atoms with E-state index in [9.17, 15) is 0 Å². The van der Waals surface area contributed by atoms with E-state index in [0.29, 0.717) is 0 Å². The van der Waals surface area contributed by atoms with E-state index in [2.05, 4.69) is 32.8 Å². The van der Waals surface area contributed by atoms with Crippen molar-refractivity contribution in [1.29, 1.82) is 0 Å². The van der Waals surface area contributed by atoms with Crippen LogP contribution in [0, 0.1) is 11.8 Å². The van der Waals surface area contributed by atoms with Gasteiger partial charge < -0.3 is 0 Å². The van der Waals surface area contributed by atoms with Gasteiger partial charge in [0.15, 0.2) is 0 Å². The van der Waals surface area contributed by atoms with Crippen molar-refractivity contribution in [2.75, 3.05) is 5.33 Å². The first kappa shape index (κ1) is 7.30. The molecule has 1 rings (SSSR count). The van der Waals surface area contributed by atoms with Gasteiger partial charge in [0, 0.05) is 18.0 Å². The Hall–Kier alpha value is -0.810. The number of halogens is 1. The third-order valence-electron chi connectivity index (χ3n) is 0.980. The quantitative estimate of drug-likeness (QED) is 0.455. The fourth-order valence-electron chi connectivity index (χ4n) is 0.571. The summed E-state index contributed by atoms with van der Waals surface area (Å²) in [5.41, 5.74) is 1.01. The summed E-state index contributed by atoms with van der Waals surface area (Å²) in [5, 5.41) is 0.718. The lowest BCUT2D eigenvalue weighted by Gasteiger charge is -1.83. The SMILES string of the molecule is BrCC#Cc1ccncc1. The summed E-state index contributed by atoms with van der Waals surface area (Å²) in [6, 6.07) is 3.77. The molecule has 50 valence electrons. The Kier molecular flexibility index (Phi) is 2.98. The normalized spacial score (nSPS) is 8.10. The first-order chi connectivity index (χ1) is 4.93. The molecule has 2 heteroatoms. The van der Waals surface area contributed by atoms with Crippen molar-refractivity contribution in [2.24, 2.45) is 0 Å². The van der Waals surface area contributed by atoms with Crippen molar-refractivity contribution >= 4 is 15.9 Å². The van der Waals surface area contributed by atoms with Crippen molar-refractivity contribution in [2.45, 2.75) is 0 Å². The van der Waals surface area contributed by atoms with Gasteiger partial charge in [0.1, 0.15) is 0 Å². The zero-order valence-electron chi connectivity index (χ0n) is 5.34. The third kappa shape index (κ3) is 2.20. The van der Waals surface area contributed by atoms with Crippen molar-refractivity contribution in [1.82, 2.24) is 4.98 Å². The predicted molar refractivity (Wildman–Crippen MR) is 44.9 cm³/mol. The Morgan fingerprint density at radius 1 is 1.40 bits per heavy atom. The number of alkyl halides is 1. The molecule has 0 amide bonds. The van der Waals surface area contributed by atoms with Gasteiger partial charge in [0.2, 0.25) is 0 Å². The third-order valence-corrected chi connectivity index (χ3v) is 1.26. The van der Waals surface area contributed by atoms with Crippen LogP contribution in [0.5, 0.6) is 0 Å². The monoisotopic (exact) mass is 195 g/mol. The van der Waals surface area contributed by atoms with Gasteiger partial charge in [-0.1, -0.05) is 27.8 Å². The van der Waals surface area contributed by atoms with Gasteiger partial charge in [0.05, 0.1) is 5.33 Å². The molecule has 0 atom stereocenters. The first-order valence-electron chi connectivity index (χ1n) is 2.88. The maximum Gasteiger partial charge on any atom is 0.0649 e. The zero-order valence-corrected chi connectivity index (χ0v) is 6.93. The molecule has 0 aliphatic heterocycles. The predicted octanol–water partition coefficient (Wildman–Crippen LogP) is 1.83. The van der Waals surface area contributed by atoms with E-state index in [1.54, 1.807) is 12.4 Å². The largest absolute Gasteiger partial charge is 0.265 e. The molecular formula is C8H6BrN. The van der Waals surface area contributed by atoms with E-state index in [4.69, 9.17) is 0 Å². The van der Waals surface area contributed by atoms with Crippen LogP contribution >= 0.6 is 15.9 Å². The zero-order chi connectivity index (χ0) is 7.23. The van der Waals surface area contributed by atoms with Crippen LogP contribution in [0.1, 0.15) is 5.56 Å². The Balaban J connectivity index is 2.76. The summed E-state index contributed by atoms with van der Waals surface area (Å²) >= 11 is 3.22. The molecule has 1 nitrogen and oxygen atoms in total. The summed E-state index contributed by atoms with van der Waals surface area (Å²) in [6.07, 6.45) is 3.47. The van der Waals surface area contributed by atoms with E-state index in [-0.39, 0.29) is 0 Å². The molecular weight excluding hydrogens is 190 g/mol. The lowest BCUT2D eigenvalue weighted by atomic mass is 10.3. The lowest BCUT2D eigenvalue weighted by molar-refractivity contribution is 1.32. The van der Waals surface area contributed by atoms with E-state index in [1.165, 1.54) is 0 Å². The molecule has 0 fully saturated rings. The van der Waals surface area contributed by atoms with Crippen LogP contribution < -0.4 is 0 Å². The summed E-state index contributed by atoms with van der Waals surface area (Å²) in [4.78, 5) is 3.87. The van der Waals surface area contributed by atoms with E-state index in [0.717, 1.165) is 10.9 Å². The Morgan fingerprint density at radius 2 is 2.10 bits per heavy atom. The smallest absolute Gasteiger partial charge is 0.0649 e. The molecule has 0 saturated carbocycles. The minimum absolute atomic E-state index is 0.718. The van der Waals surface area contributed by atoms with Crippen molar-refractivity contribution in [3.05, 3.63) is 30.1 Å². The number of hydrogen-bond donors (Lipinski definition) is 0. The van der Waals surface area contributed by atoms with Crippen LogP contribution in [-0.2, 0) is 0 Å². The fourth-order valence-corrected chi connectivity index (χ4v) is 0.711. The van der Waals surface area contributed by atoms with Gasteiger partial charge in [-0.15, -0.1) is 0 Å². The molecule has 0 aromatic carbocycles. The van der Waals surface area contributed by atoms with Crippen LogP contribution in [0.4, 0.5) is 0 Å². The molecule has 1 heterocycles. The number of pyridine rings is 1. The molecule has 0 spiro atoms. The van der Waals surface area contributed by atoms with Crippen molar-refractivity contribution < 1.29 is 0 Å². The molecule has 1 aromatic rings. The van der Waals surface area contributed by atoms with Crippen LogP contribution in [0.25, 0.3) is 0 Å². The Morgan fingerprint density at radius 3 is 2.70 bits per heavy atom. The van der Waals surface area contributed by atoms with Crippen molar-refractivity contribution in [3.63, 3.8) is 0 Å². The summed E-state index contributed by atoms with van der Waals surface area (Å²) in [7, 11) is 0. The number of aromatic nitrogens is 1. The molecule has 0 N–H and O–H groups in total. The highest BCUT2D eigenvalue weighted by atomic mass is 79.9. The average Bonchev–Trinajstić information content (AvgIpc) is 2.03. The van der Waals surface area contributed by atoms with Crippen LogP contribution in [0.15, 0.2) is 24.5 Å². The fraction of sp³-hybridized carbons (Fsp3) is 0.125. The van der Waals surface area contributed by atoms with Gasteiger partial charge in [0.25, 0.3) is 0 Å². The Labute approximate surface area is 68.6 Å². The summed E-state index contributed by atoms with van der Waals surface area (Å²) < 4.78 is 0. The minimum atomic E-state index is 0.718. The van der Waals surface area contributed by atoms with Crippen molar-refractivity contribution in [3.8, 4) is 11.8 Å². The second-order valence-corrected chi connectivity index (χ2v) is 2.23. The lowest BCUT2D eigenvalue weighted by Crippen LogP contribution is -1.73. The highest BCUT2D eigenvalue weighted by Crippen LogP contribution is 1.91. The molecule has 0 aliphatic rings. The number of hydrogen-bond acceptors (Lipinski definition) is 1. The van der Waals surface area contributed by atoms with E-state index >= 15 is 0 Å². The highest BCUT2D eigenvalue weighted by molar-refractivity contribution is 9.09. The van der Waals surface area contributed by atoms with Gasteiger partial charge in [-0.05, 0) is 12.1 Å². The van der Waals surface area contributed by atoms with E-state index < -0.39 is 0 Å². The second kappa shape index (κ2) is 4.08. The van der Waals surface area contributed by atoms with Gasteiger partial charge in [-0.2, -0.15) is 0 Å². The average molecular weight is 196 g/mol. The van der Waals surface area contributed by atoms with E-state index in [1.807, 2.05) is 12.1 Å². The van der Waals surface area contributed by atoms with Gasteiger partial charge in [-0.3, -0.25) is 4.98 Å².